The molecule has 2 N–H and O–H groups in total. The third kappa shape index (κ3) is 4.86. The van der Waals surface area contributed by atoms with Crippen molar-refractivity contribution >= 4 is 52.3 Å². The Balaban J connectivity index is 1.60. The summed E-state index contributed by atoms with van der Waals surface area (Å²) in [7, 11) is 0. The highest BCUT2D eigenvalue weighted by molar-refractivity contribution is 8.03. The van der Waals surface area contributed by atoms with Crippen LogP contribution in [0.5, 0.6) is 0 Å². The van der Waals surface area contributed by atoms with Gasteiger partial charge in [-0.1, -0.05) is 47.1 Å². The van der Waals surface area contributed by atoms with Gasteiger partial charge < -0.3 is 10.6 Å². The molecule has 162 valence electrons. The number of amides is 1. The molecule has 0 fully saturated rings. The highest BCUT2D eigenvalue weighted by Crippen LogP contribution is 2.44. The van der Waals surface area contributed by atoms with Crippen molar-refractivity contribution in [1.82, 2.24) is 5.32 Å². The number of Topliss-reactive ketones (excluding diaryl/α,β-unsaturated/α-hetero) is 1. The molecule has 4 rings (SSSR count). The molecule has 2 aromatic carbocycles. The smallest absolute Gasteiger partial charge is 0.234 e. The van der Waals surface area contributed by atoms with Gasteiger partial charge in [0.2, 0.25) is 5.91 Å². The van der Waals surface area contributed by atoms with Gasteiger partial charge in [0.1, 0.15) is 0 Å². The first-order chi connectivity index (χ1) is 15.5. The number of benzene rings is 2. The van der Waals surface area contributed by atoms with E-state index in [-0.39, 0.29) is 17.4 Å². The number of dihydropyridines is 1. The Morgan fingerprint density at radius 2 is 1.75 bits per heavy atom. The molecule has 0 bridgehead atoms. The SMILES string of the molecule is N#CC1=C(SCC(=O)Nc2ccc(Cl)cc2)NC2=C(C(=O)CCC2)[C@H]1c1ccc(Cl)cc1. The zero-order chi connectivity index (χ0) is 22.7. The van der Waals surface area contributed by atoms with Crippen molar-refractivity contribution in [2.24, 2.45) is 0 Å². The summed E-state index contributed by atoms with van der Waals surface area (Å²) in [6.45, 7) is 0. The van der Waals surface area contributed by atoms with E-state index in [0.29, 0.717) is 38.3 Å². The lowest BCUT2D eigenvalue weighted by molar-refractivity contribution is -0.116. The first-order valence-electron chi connectivity index (χ1n) is 10.1. The number of anilines is 1. The van der Waals surface area contributed by atoms with Crippen LogP contribution in [0.15, 0.2) is 70.4 Å². The number of ketones is 1. The van der Waals surface area contributed by atoms with E-state index in [1.165, 1.54) is 11.8 Å². The van der Waals surface area contributed by atoms with Crippen LogP contribution in [-0.4, -0.2) is 17.4 Å². The summed E-state index contributed by atoms with van der Waals surface area (Å²) >= 11 is 13.2. The molecule has 0 unspecified atom stereocenters. The summed E-state index contributed by atoms with van der Waals surface area (Å²) in [6.07, 6.45) is 1.95. The summed E-state index contributed by atoms with van der Waals surface area (Å²) < 4.78 is 0. The van der Waals surface area contributed by atoms with Crippen molar-refractivity contribution in [3.05, 3.63) is 86.0 Å². The van der Waals surface area contributed by atoms with E-state index in [1.807, 2.05) is 12.1 Å². The van der Waals surface area contributed by atoms with Crippen LogP contribution in [-0.2, 0) is 9.59 Å². The lowest BCUT2D eigenvalue weighted by Crippen LogP contribution is -2.31. The molecular formula is C24H19Cl2N3O2S. The summed E-state index contributed by atoms with van der Waals surface area (Å²) in [4.78, 5) is 25.3. The molecule has 1 aliphatic heterocycles. The van der Waals surface area contributed by atoms with Crippen molar-refractivity contribution in [3.63, 3.8) is 0 Å². The van der Waals surface area contributed by atoms with E-state index in [0.717, 1.165) is 24.1 Å². The third-order valence-electron chi connectivity index (χ3n) is 5.34. The Kier molecular flexibility index (Phi) is 6.90. The first kappa shape index (κ1) is 22.5. The second-order valence-electron chi connectivity index (χ2n) is 7.48. The second kappa shape index (κ2) is 9.83. The van der Waals surface area contributed by atoms with Gasteiger partial charge in [0.15, 0.2) is 5.78 Å². The van der Waals surface area contributed by atoms with Gasteiger partial charge in [0.05, 0.1) is 28.3 Å². The molecule has 8 heteroatoms. The number of nitriles is 1. The Labute approximate surface area is 200 Å². The quantitative estimate of drug-likeness (QED) is 0.561. The minimum Gasteiger partial charge on any atom is -0.352 e. The number of hydrogen-bond donors (Lipinski definition) is 2. The van der Waals surface area contributed by atoms with Crippen molar-refractivity contribution in [3.8, 4) is 6.07 Å². The fraction of sp³-hybridized carbons (Fsp3) is 0.208. The van der Waals surface area contributed by atoms with Crippen LogP contribution in [0.4, 0.5) is 5.69 Å². The maximum Gasteiger partial charge on any atom is 0.234 e. The van der Waals surface area contributed by atoms with Crippen molar-refractivity contribution in [1.29, 1.82) is 5.26 Å². The van der Waals surface area contributed by atoms with Gasteiger partial charge >= 0.3 is 0 Å². The largest absolute Gasteiger partial charge is 0.352 e. The molecule has 2 aliphatic rings. The number of rotatable bonds is 5. The Hall–Kier alpha value is -2.72. The molecule has 0 saturated carbocycles. The van der Waals surface area contributed by atoms with Crippen molar-refractivity contribution < 1.29 is 9.59 Å². The predicted molar refractivity (Wildman–Crippen MR) is 128 cm³/mol. The standard InChI is InChI=1S/C24H19Cl2N3O2S/c25-15-6-4-14(5-7-15)22-18(12-27)24(29-19-2-1-3-20(30)23(19)22)32-13-21(31)28-17-10-8-16(26)9-11-17/h4-11,22,29H,1-3,13H2,(H,28,31)/t22-/m0/s1. The highest BCUT2D eigenvalue weighted by Gasteiger charge is 2.37. The number of thioether (sulfide) groups is 1. The Morgan fingerprint density at radius 1 is 1.09 bits per heavy atom. The van der Waals surface area contributed by atoms with Gasteiger partial charge in [-0.25, -0.2) is 0 Å². The number of carbonyl (C=O) groups is 2. The molecule has 5 nitrogen and oxygen atoms in total. The lowest BCUT2D eigenvalue weighted by Gasteiger charge is -2.33. The predicted octanol–water partition coefficient (Wildman–Crippen LogP) is 5.79. The van der Waals surface area contributed by atoms with Crippen LogP contribution in [0.2, 0.25) is 10.0 Å². The van der Waals surface area contributed by atoms with Crippen LogP contribution in [0.3, 0.4) is 0 Å². The maximum absolute atomic E-state index is 12.8. The van der Waals surface area contributed by atoms with Gasteiger partial charge in [-0.05, 0) is 54.8 Å². The number of allylic oxidation sites excluding steroid dienone is 3. The Morgan fingerprint density at radius 3 is 2.41 bits per heavy atom. The molecule has 32 heavy (non-hydrogen) atoms. The average molecular weight is 484 g/mol. The van der Waals surface area contributed by atoms with Gasteiger partial charge in [0.25, 0.3) is 0 Å². The third-order valence-corrected chi connectivity index (χ3v) is 6.86. The summed E-state index contributed by atoms with van der Waals surface area (Å²) in [5, 5.41) is 17.9. The van der Waals surface area contributed by atoms with E-state index in [4.69, 9.17) is 23.2 Å². The Bertz CT molecular complexity index is 1170. The second-order valence-corrected chi connectivity index (χ2v) is 9.34. The fourth-order valence-corrected chi connectivity index (χ4v) is 5.01. The molecule has 2 aromatic rings. The molecule has 1 atom stereocenters. The summed E-state index contributed by atoms with van der Waals surface area (Å²) in [5.41, 5.74) is 3.39. The molecule has 1 heterocycles. The van der Waals surface area contributed by atoms with Crippen LogP contribution in [0, 0.1) is 11.3 Å². The minimum absolute atomic E-state index is 0.0518. The normalized spacial score (nSPS) is 18.0. The van der Waals surface area contributed by atoms with Crippen LogP contribution in [0.25, 0.3) is 0 Å². The van der Waals surface area contributed by atoms with E-state index in [9.17, 15) is 14.9 Å². The maximum atomic E-state index is 12.8. The number of nitrogens with one attached hydrogen (secondary N) is 2. The lowest BCUT2D eigenvalue weighted by atomic mass is 9.77. The van der Waals surface area contributed by atoms with Gasteiger partial charge in [-0.3, -0.25) is 9.59 Å². The van der Waals surface area contributed by atoms with Crippen molar-refractivity contribution in [2.75, 3.05) is 11.1 Å². The molecular weight excluding hydrogens is 465 g/mol. The molecule has 0 spiro atoms. The van der Waals surface area contributed by atoms with Crippen LogP contribution in [0.1, 0.15) is 30.7 Å². The summed E-state index contributed by atoms with van der Waals surface area (Å²) in [5.74, 6) is -0.509. The van der Waals surface area contributed by atoms with Gasteiger partial charge in [-0.2, -0.15) is 5.26 Å². The fourth-order valence-electron chi connectivity index (χ4n) is 3.89. The topological polar surface area (TPSA) is 82.0 Å². The van der Waals surface area contributed by atoms with E-state index in [2.05, 4.69) is 16.7 Å². The van der Waals surface area contributed by atoms with Gasteiger partial charge in [0, 0.05) is 33.4 Å². The minimum atomic E-state index is -0.469. The number of carbonyl (C=O) groups excluding carboxylic acids is 2. The monoisotopic (exact) mass is 483 g/mol. The molecule has 1 amide bonds. The summed E-state index contributed by atoms with van der Waals surface area (Å²) in [6, 6.07) is 16.3. The van der Waals surface area contributed by atoms with Crippen LogP contribution < -0.4 is 10.6 Å². The molecule has 1 aliphatic carbocycles. The average Bonchev–Trinajstić information content (AvgIpc) is 2.79. The van der Waals surface area contributed by atoms with Crippen LogP contribution >= 0.6 is 35.0 Å². The molecule has 0 aromatic heterocycles. The highest BCUT2D eigenvalue weighted by atomic mass is 35.5. The molecule has 0 radical (unpaired) electrons. The van der Waals surface area contributed by atoms with E-state index in [1.54, 1.807) is 36.4 Å². The van der Waals surface area contributed by atoms with E-state index >= 15 is 0 Å². The zero-order valence-electron chi connectivity index (χ0n) is 17.0. The molecule has 0 saturated heterocycles. The van der Waals surface area contributed by atoms with E-state index < -0.39 is 5.92 Å². The number of halogens is 2. The number of nitrogens with zero attached hydrogens (tertiary/aromatic N) is 1. The van der Waals surface area contributed by atoms with Gasteiger partial charge in [-0.15, -0.1) is 0 Å². The first-order valence-corrected chi connectivity index (χ1v) is 11.8. The van der Waals surface area contributed by atoms with Crippen molar-refractivity contribution in [2.45, 2.75) is 25.2 Å². The number of hydrogen-bond acceptors (Lipinski definition) is 5. The zero-order valence-corrected chi connectivity index (χ0v) is 19.3.